The summed E-state index contributed by atoms with van der Waals surface area (Å²) in [5.41, 5.74) is 1.00. The molecule has 14 heavy (non-hydrogen) atoms. The number of rotatable bonds is 3. The van der Waals surface area contributed by atoms with Gasteiger partial charge in [-0.05, 0) is 26.0 Å². The minimum Gasteiger partial charge on any atom is -0.467 e. The molecule has 0 aromatic carbocycles. The Bertz CT molecular complexity index is 321. The second kappa shape index (κ2) is 4.65. The Morgan fingerprint density at radius 1 is 1.57 bits per heavy atom. The Morgan fingerprint density at radius 3 is 2.79 bits per heavy atom. The van der Waals surface area contributed by atoms with Gasteiger partial charge in [-0.2, -0.15) is 0 Å². The first-order valence-corrected chi connectivity index (χ1v) is 4.52. The molecule has 1 amide bonds. The summed E-state index contributed by atoms with van der Waals surface area (Å²) in [5, 5.41) is 0. The van der Waals surface area contributed by atoms with Crippen LogP contribution in [0, 0.1) is 0 Å². The quantitative estimate of drug-likeness (QED) is 0.689. The van der Waals surface area contributed by atoms with E-state index in [1.165, 1.54) is 0 Å². The molecule has 0 spiro atoms. The number of furan rings is 1. The van der Waals surface area contributed by atoms with E-state index in [0.29, 0.717) is 6.54 Å². The summed E-state index contributed by atoms with van der Waals surface area (Å²) in [4.78, 5) is 13.1. The highest BCUT2D eigenvalue weighted by atomic mass is 16.3. The van der Waals surface area contributed by atoms with E-state index >= 15 is 0 Å². The molecular weight excluding hydrogens is 178 g/mol. The van der Waals surface area contributed by atoms with Crippen LogP contribution in [0.3, 0.4) is 0 Å². The van der Waals surface area contributed by atoms with E-state index in [4.69, 9.17) is 4.42 Å². The fraction of sp³-hybridized carbons (Fsp3) is 0.364. The number of allylic oxidation sites excluding steroid dienone is 1. The maximum absolute atomic E-state index is 11.5. The van der Waals surface area contributed by atoms with E-state index in [1.807, 2.05) is 26.0 Å². The van der Waals surface area contributed by atoms with Gasteiger partial charge < -0.3 is 9.32 Å². The summed E-state index contributed by atoms with van der Waals surface area (Å²) in [6.07, 6.45) is 3.22. The number of nitrogens with zero attached hydrogens (tertiary/aromatic N) is 1. The van der Waals surface area contributed by atoms with Crippen molar-refractivity contribution in [1.82, 2.24) is 4.90 Å². The van der Waals surface area contributed by atoms with Crippen molar-refractivity contribution < 1.29 is 9.21 Å². The normalized spacial score (nSPS) is 9.64. The molecular formula is C11H15NO2. The molecule has 3 heteroatoms. The van der Waals surface area contributed by atoms with Crippen molar-refractivity contribution >= 4 is 5.91 Å². The number of carbonyl (C=O) groups excluding carboxylic acids is 1. The lowest BCUT2D eigenvalue weighted by Gasteiger charge is -2.13. The molecule has 76 valence electrons. The molecule has 1 rings (SSSR count). The van der Waals surface area contributed by atoms with Crippen molar-refractivity contribution in [2.75, 3.05) is 7.05 Å². The van der Waals surface area contributed by atoms with Gasteiger partial charge in [0.05, 0.1) is 12.8 Å². The van der Waals surface area contributed by atoms with E-state index in [0.717, 1.165) is 11.3 Å². The molecule has 0 saturated carbocycles. The van der Waals surface area contributed by atoms with Crippen LogP contribution in [0.2, 0.25) is 0 Å². The van der Waals surface area contributed by atoms with E-state index < -0.39 is 0 Å². The Labute approximate surface area is 84.0 Å². The highest BCUT2D eigenvalue weighted by Gasteiger charge is 2.07. The topological polar surface area (TPSA) is 33.5 Å². The van der Waals surface area contributed by atoms with Gasteiger partial charge in [0, 0.05) is 13.1 Å². The maximum atomic E-state index is 11.5. The molecule has 1 heterocycles. The zero-order chi connectivity index (χ0) is 10.6. The van der Waals surface area contributed by atoms with E-state index in [9.17, 15) is 4.79 Å². The van der Waals surface area contributed by atoms with Gasteiger partial charge >= 0.3 is 0 Å². The first-order valence-electron chi connectivity index (χ1n) is 4.52. The second-order valence-corrected chi connectivity index (χ2v) is 3.50. The Hall–Kier alpha value is -1.51. The van der Waals surface area contributed by atoms with Crippen LogP contribution in [0.15, 0.2) is 34.5 Å². The predicted octanol–water partition coefficient (Wildman–Crippen LogP) is 2.20. The van der Waals surface area contributed by atoms with Gasteiger partial charge in [0.2, 0.25) is 5.91 Å². The number of carbonyl (C=O) groups is 1. The fourth-order valence-electron chi connectivity index (χ4n) is 1.07. The van der Waals surface area contributed by atoms with Gasteiger partial charge in [0.25, 0.3) is 0 Å². The van der Waals surface area contributed by atoms with Gasteiger partial charge in [-0.15, -0.1) is 0 Å². The average Bonchev–Trinajstić information content (AvgIpc) is 2.55. The maximum Gasteiger partial charge on any atom is 0.246 e. The smallest absolute Gasteiger partial charge is 0.246 e. The zero-order valence-corrected chi connectivity index (χ0v) is 8.78. The summed E-state index contributed by atoms with van der Waals surface area (Å²) >= 11 is 0. The van der Waals surface area contributed by atoms with Gasteiger partial charge in [-0.25, -0.2) is 0 Å². The average molecular weight is 193 g/mol. The molecule has 0 N–H and O–H groups in total. The first-order chi connectivity index (χ1) is 6.59. The Kier molecular flexibility index (Phi) is 3.51. The van der Waals surface area contributed by atoms with Crippen LogP contribution in [-0.4, -0.2) is 17.9 Å². The molecule has 1 aromatic heterocycles. The molecule has 3 nitrogen and oxygen atoms in total. The minimum absolute atomic E-state index is 0.00130. The zero-order valence-electron chi connectivity index (χ0n) is 8.78. The highest BCUT2D eigenvalue weighted by molar-refractivity contribution is 5.87. The largest absolute Gasteiger partial charge is 0.467 e. The Balaban J connectivity index is 2.54. The summed E-state index contributed by atoms with van der Waals surface area (Å²) in [7, 11) is 1.75. The standard InChI is InChI=1S/C11H15NO2/c1-9(2)7-11(13)12(3)8-10-5-4-6-14-10/h4-7H,8H2,1-3H3. The molecule has 0 radical (unpaired) electrons. The highest BCUT2D eigenvalue weighted by Crippen LogP contribution is 2.04. The molecule has 0 bridgehead atoms. The van der Waals surface area contributed by atoms with Crippen LogP contribution in [0.5, 0.6) is 0 Å². The molecule has 0 aliphatic heterocycles. The number of likely N-dealkylation sites (N-methyl/N-ethyl adjacent to an activating group) is 1. The lowest BCUT2D eigenvalue weighted by atomic mass is 10.3. The van der Waals surface area contributed by atoms with Crippen molar-refractivity contribution in [2.24, 2.45) is 0 Å². The number of hydrogen-bond acceptors (Lipinski definition) is 2. The molecule has 0 unspecified atom stereocenters. The van der Waals surface area contributed by atoms with Crippen LogP contribution in [0.25, 0.3) is 0 Å². The van der Waals surface area contributed by atoms with Crippen LogP contribution in [-0.2, 0) is 11.3 Å². The SMILES string of the molecule is CC(C)=CC(=O)N(C)Cc1ccco1. The third-order valence-electron chi connectivity index (χ3n) is 1.76. The van der Waals surface area contributed by atoms with Crippen molar-refractivity contribution in [3.05, 3.63) is 35.8 Å². The molecule has 0 aliphatic rings. The lowest BCUT2D eigenvalue weighted by Crippen LogP contribution is -2.24. The third-order valence-corrected chi connectivity index (χ3v) is 1.76. The summed E-state index contributed by atoms with van der Waals surface area (Å²) in [6, 6.07) is 3.67. The van der Waals surface area contributed by atoms with Crippen molar-refractivity contribution in [2.45, 2.75) is 20.4 Å². The number of amides is 1. The van der Waals surface area contributed by atoms with E-state index in [-0.39, 0.29) is 5.91 Å². The fourth-order valence-corrected chi connectivity index (χ4v) is 1.07. The summed E-state index contributed by atoms with van der Waals surface area (Å²) in [6.45, 7) is 4.31. The minimum atomic E-state index is 0.00130. The monoisotopic (exact) mass is 193 g/mol. The van der Waals surface area contributed by atoms with Crippen molar-refractivity contribution in [3.63, 3.8) is 0 Å². The summed E-state index contributed by atoms with van der Waals surface area (Å²) < 4.78 is 5.14. The van der Waals surface area contributed by atoms with Crippen LogP contribution in [0.4, 0.5) is 0 Å². The number of hydrogen-bond donors (Lipinski definition) is 0. The lowest BCUT2D eigenvalue weighted by molar-refractivity contribution is -0.125. The molecule has 0 aliphatic carbocycles. The Morgan fingerprint density at radius 2 is 2.29 bits per heavy atom. The van der Waals surface area contributed by atoms with E-state index in [1.54, 1.807) is 24.3 Å². The van der Waals surface area contributed by atoms with Crippen LogP contribution in [0.1, 0.15) is 19.6 Å². The van der Waals surface area contributed by atoms with Crippen LogP contribution < -0.4 is 0 Å². The molecule has 0 saturated heterocycles. The van der Waals surface area contributed by atoms with Gasteiger partial charge in [0.1, 0.15) is 5.76 Å². The summed E-state index contributed by atoms with van der Waals surface area (Å²) in [5.74, 6) is 0.796. The second-order valence-electron chi connectivity index (χ2n) is 3.50. The molecule has 1 aromatic rings. The third kappa shape index (κ3) is 3.09. The molecule has 0 fully saturated rings. The predicted molar refractivity (Wildman–Crippen MR) is 54.6 cm³/mol. The first kappa shape index (κ1) is 10.6. The van der Waals surface area contributed by atoms with Crippen molar-refractivity contribution in [3.8, 4) is 0 Å². The van der Waals surface area contributed by atoms with Gasteiger partial charge in [0.15, 0.2) is 0 Å². The van der Waals surface area contributed by atoms with Gasteiger partial charge in [-0.1, -0.05) is 5.57 Å². The van der Waals surface area contributed by atoms with Crippen molar-refractivity contribution in [1.29, 1.82) is 0 Å². The molecule has 0 atom stereocenters. The van der Waals surface area contributed by atoms with Crippen LogP contribution >= 0.6 is 0 Å². The van der Waals surface area contributed by atoms with Gasteiger partial charge in [-0.3, -0.25) is 4.79 Å². The van der Waals surface area contributed by atoms with E-state index in [2.05, 4.69) is 0 Å².